The molecule has 2 atom stereocenters. The Hall–Kier alpha value is -1.29. The van der Waals surface area contributed by atoms with Gasteiger partial charge < -0.3 is 10.1 Å². The van der Waals surface area contributed by atoms with Crippen LogP contribution in [0.3, 0.4) is 0 Å². The van der Waals surface area contributed by atoms with Gasteiger partial charge in [0, 0.05) is 30.6 Å². The molecule has 1 amide bonds. The average molecular weight is 486 g/mol. The van der Waals surface area contributed by atoms with Gasteiger partial charge >= 0.3 is 5.97 Å². The number of nitrogens with zero attached hydrogens (tertiary/aromatic N) is 2. The Labute approximate surface area is 202 Å². The van der Waals surface area contributed by atoms with Crippen LogP contribution in [0.2, 0.25) is 0 Å². The summed E-state index contributed by atoms with van der Waals surface area (Å²) >= 11 is 8.44. The number of thiol groups is 2. The van der Waals surface area contributed by atoms with Gasteiger partial charge in [-0.15, -0.1) is 0 Å². The van der Waals surface area contributed by atoms with Gasteiger partial charge in [0.1, 0.15) is 5.82 Å². The van der Waals surface area contributed by atoms with E-state index in [9.17, 15) is 14.0 Å². The van der Waals surface area contributed by atoms with Gasteiger partial charge in [-0.1, -0.05) is 12.1 Å². The number of halogens is 1. The Balaban J connectivity index is 1.93. The summed E-state index contributed by atoms with van der Waals surface area (Å²) in [6, 6.07) is 6.43. The molecule has 0 radical (unpaired) electrons. The summed E-state index contributed by atoms with van der Waals surface area (Å²) < 4.78 is 18.4. The maximum atomic E-state index is 13.3. The number of carbonyl (C=O) groups excluding carboxylic acids is 2. The van der Waals surface area contributed by atoms with Crippen LogP contribution in [0.4, 0.5) is 4.39 Å². The van der Waals surface area contributed by atoms with Crippen molar-refractivity contribution in [1.82, 2.24) is 15.1 Å². The molecule has 1 saturated heterocycles. The van der Waals surface area contributed by atoms with E-state index in [1.807, 2.05) is 0 Å². The number of likely N-dealkylation sites (tertiary alicyclic amines) is 1. The second-order valence-electron chi connectivity index (χ2n) is 8.13. The number of esters is 1. The molecule has 1 fully saturated rings. The van der Waals surface area contributed by atoms with E-state index in [0.29, 0.717) is 31.0 Å². The van der Waals surface area contributed by atoms with E-state index in [2.05, 4.69) is 40.4 Å². The molecular weight excluding hydrogens is 449 g/mol. The van der Waals surface area contributed by atoms with Gasteiger partial charge in [0.2, 0.25) is 5.91 Å². The summed E-state index contributed by atoms with van der Waals surface area (Å²) in [5.74, 6) is 0.528. The van der Waals surface area contributed by atoms with Crippen molar-refractivity contribution in [1.29, 1.82) is 0 Å². The molecule has 1 heterocycles. The molecule has 2 rings (SSSR count). The van der Waals surface area contributed by atoms with Crippen LogP contribution >= 0.6 is 25.3 Å². The van der Waals surface area contributed by atoms with Gasteiger partial charge in [0.15, 0.2) is 0 Å². The van der Waals surface area contributed by atoms with E-state index >= 15 is 0 Å². The molecule has 1 aromatic carbocycles. The molecule has 0 aliphatic carbocycles. The van der Waals surface area contributed by atoms with Crippen molar-refractivity contribution in [2.24, 2.45) is 5.92 Å². The molecule has 1 N–H and O–H groups in total. The van der Waals surface area contributed by atoms with Crippen molar-refractivity contribution in [3.8, 4) is 0 Å². The summed E-state index contributed by atoms with van der Waals surface area (Å²) in [6.07, 6.45) is 3.40. The van der Waals surface area contributed by atoms with E-state index in [0.717, 1.165) is 51.0 Å². The Morgan fingerprint density at radius 1 is 1.25 bits per heavy atom. The van der Waals surface area contributed by atoms with Crippen molar-refractivity contribution in [2.45, 2.75) is 31.7 Å². The van der Waals surface area contributed by atoms with E-state index in [4.69, 9.17) is 4.74 Å². The zero-order valence-corrected chi connectivity index (χ0v) is 20.6. The molecule has 1 aliphatic heterocycles. The second-order valence-corrected chi connectivity index (χ2v) is 9.03. The molecule has 0 bridgehead atoms. The van der Waals surface area contributed by atoms with E-state index in [1.165, 1.54) is 19.2 Å². The number of carbonyl (C=O) groups is 2. The monoisotopic (exact) mass is 485 g/mol. The third kappa shape index (κ3) is 8.92. The van der Waals surface area contributed by atoms with Gasteiger partial charge in [-0.25, -0.2) is 4.39 Å². The first-order chi connectivity index (χ1) is 15.5. The number of methoxy groups -OCH3 is 1. The maximum Gasteiger partial charge on any atom is 0.310 e. The Morgan fingerprint density at radius 2 is 2.00 bits per heavy atom. The zero-order valence-electron chi connectivity index (χ0n) is 18.8. The lowest BCUT2D eigenvalue weighted by Crippen LogP contribution is -2.43. The first kappa shape index (κ1) is 27.0. The van der Waals surface area contributed by atoms with Crippen molar-refractivity contribution >= 4 is 37.1 Å². The van der Waals surface area contributed by atoms with Crippen molar-refractivity contribution in [3.05, 3.63) is 35.6 Å². The van der Waals surface area contributed by atoms with E-state index in [-0.39, 0.29) is 29.7 Å². The molecule has 1 aliphatic rings. The minimum absolute atomic E-state index is 0.00457. The molecule has 0 spiro atoms. The smallest absolute Gasteiger partial charge is 0.310 e. The summed E-state index contributed by atoms with van der Waals surface area (Å²) in [6.45, 7) is 4.25. The largest absolute Gasteiger partial charge is 0.469 e. The van der Waals surface area contributed by atoms with E-state index < -0.39 is 0 Å². The highest BCUT2D eigenvalue weighted by Gasteiger charge is 2.36. The molecule has 0 aromatic heterocycles. The van der Waals surface area contributed by atoms with Crippen LogP contribution in [0.1, 0.15) is 24.8 Å². The van der Waals surface area contributed by atoms with Crippen LogP contribution in [-0.2, 0) is 20.7 Å². The van der Waals surface area contributed by atoms with Crippen LogP contribution in [0.5, 0.6) is 0 Å². The number of nitrogens with one attached hydrogen (secondary N) is 1. The molecule has 6 nitrogen and oxygen atoms in total. The molecule has 0 saturated carbocycles. The quantitative estimate of drug-likeness (QED) is 0.279. The lowest BCUT2D eigenvalue weighted by atomic mass is 9.90. The van der Waals surface area contributed by atoms with Crippen molar-refractivity contribution in [2.75, 3.05) is 57.9 Å². The molecule has 1 aromatic rings. The number of benzene rings is 1. The Morgan fingerprint density at radius 3 is 2.66 bits per heavy atom. The first-order valence-electron chi connectivity index (χ1n) is 11.3. The maximum absolute atomic E-state index is 13.3. The third-order valence-electron chi connectivity index (χ3n) is 5.89. The van der Waals surface area contributed by atoms with Gasteiger partial charge in [0.05, 0.1) is 19.6 Å². The van der Waals surface area contributed by atoms with Crippen LogP contribution in [0, 0.1) is 11.7 Å². The summed E-state index contributed by atoms with van der Waals surface area (Å²) in [4.78, 5) is 29.1. The molecule has 9 heteroatoms. The topological polar surface area (TPSA) is 61.9 Å². The standard InChI is InChI=1S/C23H36FN3O3S2/c1-30-23(29)20(16-18-5-7-19(24)8-6-18)21-4-2-11-27(21)12-3-10-26(13-15-32)17-22(28)25-9-14-31/h5-8,20-21,31-32H,2-4,9-17H2,1H3,(H,25,28). The highest BCUT2D eigenvalue weighted by atomic mass is 32.1. The van der Waals surface area contributed by atoms with E-state index in [1.54, 1.807) is 12.1 Å². The van der Waals surface area contributed by atoms with Gasteiger partial charge in [-0.2, -0.15) is 25.3 Å². The average Bonchev–Trinajstić information content (AvgIpc) is 3.25. The zero-order chi connectivity index (χ0) is 23.3. The molecule has 32 heavy (non-hydrogen) atoms. The van der Waals surface area contributed by atoms with Crippen LogP contribution < -0.4 is 5.32 Å². The predicted octanol–water partition coefficient (Wildman–Crippen LogP) is 2.29. The van der Waals surface area contributed by atoms with Gasteiger partial charge in [-0.05, 0) is 63.0 Å². The first-order valence-corrected chi connectivity index (χ1v) is 12.5. The molecule has 180 valence electrons. The highest BCUT2D eigenvalue weighted by molar-refractivity contribution is 7.80. The SMILES string of the molecule is COC(=O)C(Cc1ccc(F)cc1)C1CCCN1CCCN(CCS)CC(=O)NCCS. The highest BCUT2D eigenvalue weighted by Crippen LogP contribution is 2.28. The van der Waals surface area contributed by atoms with Crippen LogP contribution in [0.25, 0.3) is 0 Å². The summed E-state index contributed by atoms with van der Waals surface area (Å²) in [7, 11) is 1.42. The molecular formula is C23H36FN3O3S2. The summed E-state index contributed by atoms with van der Waals surface area (Å²) in [5, 5.41) is 2.85. The Kier molecular flexibility index (Phi) is 12.4. The number of ether oxygens (including phenoxy) is 1. The van der Waals surface area contributed by atoms with Crippen LogP contribution in [-0.4, -0.2) is 85.6 Å². The second kappa shape index (κ2) is 14.8. The number of amides is 1. The molecule has 2 unspecified atom stereocenters. The van der Waals surface area contributed by atoms with Gasteiger partial charge in [0.25, 0.3) is 0 Å². The predicted molar refractivity (Wildman–Crippen MR) is 132 cm³/mol. The van der Waals surface area contributed by atoms with Gasteiger partial charge in [-0.3, -0.25) is 19.4 Å². The lowest BCUT2D eigenvalue weighted by Gasteiger charge is -2.31. The minimum Gasteiger partial charge on any atom is -0.469 e. The number of rotatable bonds is 14. The van der Waals surface area contributed by atoms with Crippen LogP contribution in [0.15, 0.2) is 24.3 Å². The van der Waals surface area contributed by atoms with Crippen molar-refractivity contribution in [3.63, 3.8) is 0 Å². The van der Waals surface area contributed by atoms with Crippen molar-refractivity contribution < 1.29 is 18.7 Å². The fourth-order valence-electron chi connectivity index (χ4n) is 4.35. The lowest BCUT2D eigenvalue weighted by molar-refractivity contribution is -0.147. The number of hydrogen-bond donors (Lipinski definition) is 3. The minimum atomic E-state index is -0.284. The fourth-order valence-corrected chi connectivity index (χ4v) is 4.75. The summed E-state index contributed by atoms with van der Waals surface area (Å²) in [5.41, 5.74) is 0.931. The third-order valence-corrected chi connectivity index (χ3v) is 6.31. The Bertz CT molecular complexity index is 708. The fraction of sp³-hybridized carbons (Fsp3) is 0.652. The normalized spacial score (nSPS) is 17.5. The number of hydrogen-bond acceptors (Lipinski definition) is 7.